The summed E-state index contributed by atoms with van der Waals surface area (Å²) < 4.78 is 0. The summed E-state index contributed by atoms with van der Waals surface area (Å²) in [5, 5.41) is 3.32. The Morgan fingerprint density at radius 1 is 1.12 bits per heavy atom. The van der Waals surface area contributed by atoms with Crippen molar-refractivity contribution in [2.75, 3.05) is 0 Å². The molecule has 1 fully saturated rings. The van der Waals surface area contributed by atoms with Gasteiger partial charge in [-0.3, -0.25) is 4.79 Å². The van der Waals surface area contributed by atoms with Crippen molar-refractivity contribution in [3.63, 3.8) is 0 Å². The van der Waals surface area contributed by atoms with Crippen molar-refractivity contribution in [1.82, 2.24) is 5.32 Å². The lowest BCUT2D eigenvalue weighted by Gasteiger charge is -2.21. The normalized spacial score (nSPS) is 17.2. The van der Waals surface area contributed by atoms with E-state index >= 15 is 0 Å². The Hall–Kier alpha value is -1.57. The second-order valence-electron chi connectivity index (χ2n) is 4.57. The van der Waals surface area contributed by atoms with E-state index in [0.717, 1.165) is 5.56 Å². The second-order valence-corrected chi connectivity index (χ2v) is 4.57. The van der Waals surface area contributed by atoms with E-state index in [1.54, 1.807) is 6.08 Å². The fourth-order valence-corrected chi connectivity index (χ4v) is 2.23. The van der Waals surface area contributed by atoms with E-state index in [1.807, 2.05) is 36.5 Å². The lowest BCUT2D eigenvalue weighted by molar-refractivity contribution is 0.104. The summed E-state index contributed by atoms with van der Waals surface area (Å²) in [6.45, 7) is 0. The average Bonchev–Trinajstić information content (AvgIpc) is 2.41. The molecule has 0 aliphatic heterocycles. The Morgan fingerprint density at radius 3 is 2.53 bits per heavy atom. The lowest BCUT2D eigenvalue weighted by Crippen LogP contribution is -2.26. The first-order valence-electron chi connectivity index (χ1n) is 6.38. The third kappa shape index (κ3) is 3.74. The topological polar surface area (TPSA) is 29.1 Å². The van der Waals surface area contributed by atoms with Gasteiger partial charge in [0.25, 0.3) is 0 Å². The van der Waals surface area contributed by atoms with Gasteiger partial charge in [0, 0.05) is 23.9 Å². The molecule has 0 atom stereocenters. The van der Waals surface area contributed by atoms with Gasteiger partial charge < -0.3 is 5.32 Å². The van der Waals surface area contributed by atoms with Gasteiger partial charge in [-0.25, -0.2) is 0 Å². The molecule has 1 N–H and O–H groups in total. The van der Waals surface area contributed by atoms with Crippen LogP contribution in [0.5, 0.6) is 0 Å². The van der Waals surface area contributed by atoms with Gasteiger partial charge in [0.2, 0.25) is 0 Å². The fourth-order valence-electron chi connectivity index (χ4n) is 2.23. The Balaban J connectivity index is 1.82. The monoisotopic (exact) mass is 229 g/mol. The standard InChI is InChI=1S/C15H19NO/c17-15(13-7-3-1-4-8-13)11-12-16-14-9-5-2-6-10-14/h1,3-4,7-8,11-12,14,16H,2,5-6,9-10H2/b12-11+. The molecule has 1 aromatic carbocycles. The third-order valence-electron chi connectivity index (χ3n) is 3.23. The van der Waals surface area contributed by atoms with E-state index in [0.29, 0.717) is 6.04 Å². The van der Waals surface area contributed by atoms with E-state index < -0.39 is 0 Å². The van der Waals surface area contributed by atoms with E-state index in [1.165, 1.54) is 32.1 Å². The second kappa shape index (κ2) is 6.24. The summed E-state index contributed by atoms with van der Waals surface area (Å²) >= 11 is 0. The van der Waals surface area contributed by atoms with Gasteiger partial charge in [0.15, 0.2) is 5.78 Å². The van der Waals surface area contributed by atoms with E-state index in [2.05, 4.69) is 5.32 Å². The number of allylic oxidation sites excluding steroid dienone is 1. The van der Waals surface area contributed by atoms with Crippen LogP contribution >= 0.6 is 0 Å². The van der Waals surface area contributed by atoms with Gasteiger partial charge in [-0.15, -0.1) is 0 Å². The van der Waals surface area contributed by atoms with Crippen molar-refractivity contribution in [2.24, 2.45) is 0 Å². The molecule has 0 bridgehead atoms. The minimum Gasteiger partial charge on any atom is -0.388 e. The summed E-state index contributed by atoms with van der Waals surface area (Å²) in [7, 11) is 0. The van der Waals surface area contributed by atoms with Crippen molar-refractivity contribution < 1.29 is 4.79 Å². The number of benzene rings is 1. The van der Waals surface area contributed by atoms with Crippen LogP contribution in [0.3, 0.4) is 0 Å². The molecule has 17 heavy (non-hydrogen) atoms. The molecule has 0 heterocycles. The molecule has 2 nitrogen and oxygen atoms in total. The number of hydrogen-bond acceptors (Lipinski definition) is 2. The van der Waals surface area contributed by atoms with Crippen molar-refractivity contribution in [3.8, 4) is 0 Å². The van der Waals surface area contributed by atoms with Crippen LogP contribution in [-0.2, 0) is 0 Å². The zero-order chi connectivity index (χ0) is 11.9. The summed E-state index contributed by atoms with van der Waals surface area (Å²) in [6.07, 6.45) is 9.85. The lowest BCUT2D eigenvalue weighted by atomic mass is 9.96. The summed E-state index contributed by atoms with van der Waals surface area (Å²) in [5.74, 6) is 0.0638. The van der Waals surface area contributed by atoms with Crippen LogP contribution in [0, 0.1) is 0 Å². The maximum absolute atomic E-state index is 11.8. The van der Waals surface area contributed by atoms with Crippen LogP contribution in [-0.4, -0.2) is 11.8 Å². The molecule has 90 valence electrons. The molecule has 0 radical (unpaired) electrons. The zero-order valence-electron chi connectivity index (χ0n) is 10.1. The molecule has 0 spiro atoms. The van der Waals surface area contributed by atoms with E-state index in [-0.39, 0.29) is 5.78 Å². The third-order valence-corrected chi connectivity index (χ3v) is 3.23. The van der Waals surface area contributed by atoms with Gasteiger partial charge >= 0.3 is 0 Å². The highest BCUT2D eigenvalue weighted by Gasteiger charge is 2.10. The smallest absolute Gasteiger partial charge is 0.187 e. The van der Waals surface area contributed by atoms with Crippen molar-refractivity contribution in [1.29, 1.82) is 0 Å². The van der Waals surface area contributed by atoms with Crippen LogP contribution in [0.15, 0.2) is 42.6 Å². The minimum absolute atomic E-state index is 0.0638. The molecule has 2 rings (SSSR count). The molecule has 0 unspecified atom stereocenters. The van der Waals surface area contributed by atoms with Crippen molar-refractivity contribution in [2.45, 2.75) is 38.1 Å². The number of carbonyl (C=O) groups is 1. The molecule has 1 aliphatic carbocycles. The molecule has 1 aliphatic rings. The number of ketones is 1. The van der Waals surface area contributed by atoms with Crippen molar-refractivity contribution in [3.05, 3.63) is 48.2 Å². The van der Waals surface area contributed by atoms with E-state index in [9.17, 15) is 4.79 Å². The molecule has 2 heteroatoms. The predicted octanol–water partition coefficient (Wildman–Crippen LogP) is 3.31. The first-order chi connectivity index (χ1) is 8.36. The fraction of sp³-hybridized carbons (Fsp3) is 0.400. The van der Waals surface area contributed by atoms with Gasteiger partial charge in [0.05, 0.1) is 0 Å². The molecule has 0 saturated heterocycles. The Morgan fingerprint density at radius 2 is 1.82 bits per heavy atom. The van der Waals surface area contributed by atoms with Gasteiger partial charge in [-0.05, 0) is 12.8 Å². The SMILES string of the molecule is O=C(/C=C/NC1CCCCC1)c1ccccc1. The largest absolute Gasteiger partial charge is 0.388 e. The molecule has 1 saturated carbocycles. The minimum atomic E-state index is 0.0638. The Bertz CT molecular complexity index is 377. The zero-order valence-corrected chi connectivity index (χ0v) is 10.1. The summed E-state index contributed by atoms with van der Waals surface area (Å²) in [6, 6.07) is 9.93. The van der Waals surface area contributed by atoms with Crippen LogP contribution in [0.25, 0.3) is 0 Å². The van der Waals surface area contributed by atoms with Crippen LogP contribution < -0.4 is 5.32 Å². The van der Waals surface area contributed by atoms with Gasteiger partial charge in [-0.2, -0.15) is 0 Å². The number of carbonyl (C=O) groups excluding carboxylic acids is 1. The van der Waals surface area contributed by atoms with Crippen LogP contribution in [0.2, 0.25) is 0 Å². The Labute approximate surface area is 103 Å². The number of rotatable bonds is 4. The first kappa shape index (κ1) is 11.9. The molecule has 0 amide bonds. The Kier molecular flexibility index (Phi) is 4.37. The highest BCUT2D eigenvalue weighted by atomic mass is 16.1. The predicted molar refractivity (Wildman–Crippen MR) is 69.9 cm³/mol. The summed E-state index contributed by atoms with van der Waals surface area (Å²) in [4.78, 5) is 11.8. The average molecular weight is 229 g/mol. The maximum atomic E-state index is 11.8. The quantitative estimate of drug-likeness (QED) is 0.634. The number of nitrogens with one attached hydrogen (secondary N) is 1. The maximum Gasteiger partial charge on any atom is 0.187 e. The number of hydrogen-bond donors (Lipinski definition) is 1. The highest BCUT2D eigenvalue weighted by Crippen LogP contribution is 2.17. The summed E-state index contributed by atoms with van der Waals surface area (Å²) in [5.41, 5.74) is 0.745. The van der Waals surface area contributed by atoms with Crippen molar-refractivity contribution >= 4 is 5.78 Å². The van der Waals surface area contributed by atoms with Crippen LogP contribution in [0.1, 0.15) is 42.5 Å². The van der Waals surface area contributed by atoms with Crippen LogP contribution in [0.4, 0.5) is 0 Å². The molecule has 1 aromatic rings. The first-order valence-corrected chi connectivity index (χ1v) is 6.38. The molecular formula is C15H19NO. The van der Waals surface area contributed by atoms with Gasteiger partial charge in [0.1, 0.15) is 0 Å². The van der Waals surface area contributed by atoms with E-state index in [4.69, 9.17) is 0 Å². The molecular weight excluding hydrogens is 210 g/mol. The highest BCUT2D eigenvalue weighted by molar-refractivity contribution is 6.04. The molecule has 0 aromatic heterocycles. The van der Waals surface area contributed by atoms with Gasteiger partial charge in [-0.1, -0.05) is 49.6 Å².